The zero-order valence-electron chi connectivity index (χ0n) is 11.4. The molecule has 0 bridgehead atoms. The van der Waals surface area contributed by atoms with Gasteiger partial charge in [-0.25, -0.2) is 4.98 Å². The van der Waals surface area contributed by atoms with Gasteiger partial charge in [-0.15, -0.1) is 26.6 Å². The summed E-state index contributed by atoms with van der Waals surface area (Å²) < 4.78 is 0. The Bertz CT molecular complexity index is 754. The highest BCUT2D eigenvalue weighted by Gasteiger charge is 2.16. The van der Waals surface area contributed by atoms with Crippen molar-refractivity contribution in [2.45, 2.75) is 24.3 Å². The molecule has 21 heavy (non-hydrogen) atoms. The summed E-state index contributed by atoms with van der Waals surface area (Å²) in [6.45, 7) is 3.97. The molecule has 0 spiro atoms. The molecule has 8 heteroatoms. The Morgan fingerprint density at radius 2 is 2.10 bits per heavy atom. The third-order valence-corrected chi connectivity index (χ3v) is 4.94. The number of phenolic OH excluding ortho intramolecular Hbond substituents is 1. The number of aryl methyl sites for hydroxylation is 1. The van der Waals surface area contributed by atoms with Crippen LogP contribution in [0.2, 0.25) is 0 Å². The maximum absolute atomic E-state index is 9.82. The van der Waals surface area contributed by atoms with Crippen LogP contribution in [-0.4, -0.2) is 30.5 Å². The lowest BCUT2D eigenvalue weighted by atomic mass is 10.2. The number of hydrogen-bond acceptors (Lipinski definition) is 7. The summed E-state index contributed by atoms with van der Waals surface area (Å²) in [6.07, 6.45) is 0. The molecule has 0 saturated heterocycles. The van der Waals surface area contributed by atoms with Crippen LogP contribution in [0, 0.1) is 6.92 Å². The second-order valence-electron chi connectivity index (χ2n) is 4.40. The van der Waals surface area contributed by atoms with E-state index in [4.69, 9.17) is 0 Å². The Morgan fingerprint density at radius 1 is 1.29 bits per heavy atom. The zero-order valence-corrected chi connectivity index (χ0v) is 13.1. The molecule has 0 saturated carbocycles. The van der Waals surface area contributed by atoms with Crippen LogP contribution >= 0.6 is 23.1 Å². The van der Waals surface area contributed by atoms with E-state index in [1.807, 2.05) is 19.9 Å². The summed E-state index contributed by atoms with van der Waals surface area (Å²) in [6, 6.07) is 7.03. The van der Waals surface area contributed by atoms with Gasteiger partial charge in [0, 0.05) is 0 Å². The molecule has 1 unspecified atom stereocenters. The van der Waals surface area contributed by atoms with Crippen LogP contribution in [0.3, 0.4) is 0 Å². The van der Waals surface area contributed by atoms with Crippen molar-refractivity contribution in [3.63, 3.8) is 0 Å². The van der Waals surface area contributed by atoms with E-state index in [2.05, 4.69) is 25.4 Å². The fourth-order valence-corrected chi connectivity index (χ4v) is 3.41. The monoisotopic (exact) mass is 319 g/mol. The highest BCUT2D eigenvalue weighted by atomic mass is 32.2. The fourth-order valence-electron chi connectivity index (χ4n) is 1.78. The number of aromatic nitrogens is 5. The third-order valence-electron chi connectivity index (χ3n) is 2.80. The number of nitrogens with one attached hydrogen (secondary N) is 1. The van der Waals surface area contributed by atoms with Crippen LogP contribution < -0.4 is 0 Å². The van der Waals surface area contributed by atoms with E-state index in [0.717, 1.165) is 10.0 Å². The Labute approximate surface area is 129 Å². The predicted octanol–water partition coefficient (Wildman–Crippen LogP) is 3.19. The van der Waals surface area contributed by atoms with Gasteiger partial charge in [0.05, 0.1) is 10.8 Å². The first kappa shape index (κ1) is 14.0. The van der Waals surface area contributed by atoms with Crippen LogP contribution in [0.1, 0.15) is 22.2 Å². The molecule has 3 aromatic rings. The van der Waals surface area contributed by atoms with Crippen LogP contribution in [-0.2, 0) is 0 Å². The molecule has 1 atom stereocenters. The van der Waals surface area contributed by atoms with E-state index in [-0.39, 0.29) is 11.0 Å². The Kier molecular flexibility index (Phi) is 3.89. The van der Waals surface area contributed by atoms with Gasteiger partial charge in [0.2, 0.25) is 5.16 Å². The number of H-pyrrole nitrogens is 1. The Balaban J connectivity index is 1.78. The smallest absolute Gasteiger partial charge is 0.209 e. The minimum absolute atomic E-state index is 0.129. The van der Waals surface area contributed by atoms with Crippen LogP contribution in [0.15, 0.2) is 29.4 Å². The van der Waals surface area contributed by atoms with Gasteiger partial charge in [-0.3, -0.25) is 5.10 Å². The van der Waals surface area contributed by atoms with Crippen molar-refractivity contribution in [1.82, 2.24) is 25.4 Å². The first-order valence-corrected chi connectivity index (χ1v) is 8.00. The first-order valence-electron chi connectivity index (χ1n) is 6.31. The van der Waals surface area contributed by atoms with E-state index in [1.165, 1.54) is 11.8 Å². The molecule has 2 N–H and O–H groups in total. The quantitative estimate of drug-likeness (QED) is 0.718. The summed E-state index contributed by atoms with van der Waals surface area (Å²) in [5.74, 6) is 0.731. The molecule has 2 aromatic heterocycles. The second-order valence-corrected chi connectivity index (χ2v) is 6.92. The number of aromatic hydroxyl groups is 1. The van der Waals surface area contributed by atoms with Crippen molar-refractivity contribution in [2.24, 2.45) is 0 Å². The van der Waals surface area contributed by atoms with Gasteiger partial charge in [0.1, 0.15) is 15.8 Å². The van der Waals surface area contributed by atoms with Crippen molar-refractivity contribution in [2.75, 3.05) is 0 Å². The van der Waals surface area contributed by atoms with Crippen LogP contribution in [0.25, 0.3) is 11.4 Å². The number of nitrogens with zero attached hydrogens (tertiary/aromatic N) is 4. The minimum Gasteiger partial charge on any atom is -0.507 e. The normalized spacial score (nSPS) is 12.5. The van der Waals surface area contributed by atoms with Crippen molar-refractivity contribution < 1.29 is 5.11 Å². The fraction of sp³-hybridized carbons (Fsp3) is 0.231. The molecule has 0 amide bonds. The lowest BCUT2D eigenvalue weighted by Gasteiger charge is -2.02. The summed E-state index contributed by atoms with van der Waals surface area (Å²) >= 11 is 3.08. The standard InChI is InChI=1S/C13H13N5OS2/c1-7(12-17-15-8(2)21-12)20-13-14-11(16-18-13)9-5-3-4-6-10(9)19/h3-7,19H,1-2H3,(H,14,16,18). The van der Waals surface area contributed by atoms with E-state index in [0.29, 0.717) is 16.5 Å². The molecule has 2 heterocycles. The molecule has 1 aromatic carbocycles. The van der Waals surface area contributed by atoms with Crippen molar-refractivity contribution in [3.05, 3.63) is 34.3 Å². The van der Waals surface area contributed by atoms with Gasteiger partial charge < -0.3 is 5.11 Å². The Morgan fingerprint density at radius 3 is 2.81 bits per heavy atom. The van der Waals surface area contributed by atoms with E-state index >= 15 is 0 Å². The van der Waals surface area contributed by atoms with E-state index in [1.54, 1.807) is 29.5 Å². The molecule has 6 nitrogen and oxygen atoms in total. The maximum Gasteiger partial charge on any atom is 0.209 e. The minimum atomic E-state index is 0.129. The highest BCUT2D eigenvalue weighted by Crippen LogP contribution is 2.35. The van der Waals surface area contributed by atoms with Gasteiger partial charge >= 0.3 is 0 Å². The molecule has 0 radical (unpaired) electrons. The average Bonchev–Trinajstić information content (AvgIpc) is 3.08. The number of benzene rings is 1. The first-order chi connectivity index (χ1) is 10.1. The predicted molar refractivity (Wildman–Crippen MR) is 82.4 cm³/mol. The number of thioether (sulfide) groups is 1. The SMILES string of the molecule is Cc1nnc(C(C)Sc2n[nH]c(-c3ccccc3O)n2)s1. The third kappa shape index (κ3) is 3.06. The molecular formula is C13H13N5OS2. The summed E-state index contributed by atoms with van der Waals surface area (Å²) in [5.41, 5.74) is 0.635. The highest BCUT2D eigenvalue weighted by molar-refractivity contribution is 7.99. The molecule has 108 valence electrons. The molecule has 3 rings (SSSR count). The van der Waals surface area contributed by atoms with Crippen molar-refractivity contribution in [3.8, 4) is 17.1 Å². The number of rotatable bonds is 4. The lowest BCUT2D eigenvalue weighted by molar-refractivity contribution is 0.477. The zero-order chi connectivity index (χ0) is 14.8. The summed E-state index contributed by atoms with van der Waals surface area (Å²) in [4.78, 5) is 4.41. The van der Waals surface area contributed by atoms with Gasteiger partial charge in [-0.2, -0.15) is 0 Å². The molecule has 0 aliphatic heterocycles. The summed E-state index contributed by atoms with van der Waals surface area (Å²) in [5, 5.41) is 27.6. The number of para-hydroxylation sites is 1. The van der Waals surface area contributed by atoms with Crippen LogP contribution in [0.5, 0.6) is 5.75 Å². The van der Waals surface area contributed by atoms with Gasteiger partial charge in [0.15, 0.2) is 5.82 Å². The summed E-state index contributed by atoms with van der Waals surface area (Å²) in [7, 11) is 0. The molecule has 0 aliphatic rings. The average molecular weight is 319 g/mol. The lowest BCUT2D eigenvalue weighted by Crippen LogP contribution is -1.88. The van der Waals surface area contributed by atoms with Crippen LogP contribution in [0.4, 0.5) is 0 Å². The van der Waals surface area contributed by atoms with E-state index < -0.39 is 0 Å². The van der Waals surface area contributed by atoms with Gasteiger partial charge in [0.25, 0.3) is 0 Å². The molecular weight excluding hydrogens is 306 g/mol. The number of phenols is 1. The number of hydrogen-bond donors (Lipinski definition) is 2. The molecule has 0 fully saturated rings. The second kappa shape index (κ2) is 5.82. The van der Waals surface area contributed by atoms with Gasteiger partial charge in [-0.05, 0) is 26.0 Å². The maximum atomic E-state index is 9.82. The largest absolute Gasteiger partial charge is 0.507 e. The number of aromatic amines is 1. The van der Waals surface area contributed by atoms with E-state index in [9.17, 15) is 5.11 Å². The van der Waals surface area contributed by atoms with Gasteiger partial charge in [-0.1, -0.05) is 23.9 Å². The topological polar surface area (TPSA) is 87.6 Å². The Hall–Kier alpha value is -1.93. The molecule has 0 aliphatic carbocycles. The van der Waals surface area contributed by atoms with Crippen molar-refractivity contribution >= 4 is 23.1 Å². The van der Waals surface area contributed by atoms with Crippen molar-refractivity contribution in [1.29, 1.82) is 0 Å².